The first kappa shape index (κ1) is 39.6. The van der Waals surface area contributed by atoms with Crippen LogP contribution in [-0.2, 0) is 0 Å². The molecule has 0 aliphatic heterocycles. The fraction of sp³-hybridized carbons (Fsp3) is 0. The highest BCUT2D eigenvalue weighted by Crippen LogP contribution is 2.40. The van der Waals surface area contributed by atoms with Crippen molar-refractivity contribution in [2.45, 2.75) is 0 Å². The Morgan fingerprint density at radius 1 is 0.250 bits per heavy atom. The number of aromatic nitrogens is 2. The van der Waals surface area contributed by atoms with E-state index in [1.807, 2.05) is 11.3 Å². The molecule has 0 aliphatic carbocycles. The molecular formula is C64H43N3S. The van der Waals surface area contributed by atoms with Crippen molar-refractivity contribution >= 4 is 72.0 Å². The van der Waals surface area contributed by atoms with Gasteiger partial charge in [0.25, 0.3) is 0 Å². The molecule has 0 saturated carbocycles. The van der Waals surface area contributed by atoms with Gasteiger partial charge in [0.05, 0.1) is 22.1 Å². The molecular weight excluding hydrogens is 843 g/mol. The van der Waals surface area contributed by atoms with Crippen LogP contribution in [0.2, 0.25) is 0 Å². The minimum absolute atomic E-state index is 1.10. The van der Waals surface area contributed by atoms with Gasteiger partial charge in [-0.3, -0.25) is 0 Å². The first-order valence-corrected chi connectivity index (χ1v) is 24.0. The summed E-state index contributed by atoms with van der Waals surface area (Å²) >= 11 is 1.84. The van der Waals surface area contributed by atoms with Gasteiger partial charge in [0.15, 0.2) is 0 Å². The van der Waals surface area contributed by atoms with E-state index in [2.05, 4.69) is 275 Å². The minimum Gasteiger partial charge on any atom is -0.311 e. The molecule has 0 fully saturated rings. The Bertz CT molecular complexity index is 3860. The van der Waals surface area contributed by atoms with Crippen LogP contribution in [0.4, 0.5) is 17.1 Å². The lowest BCUT2D eigenvalue weighted by molar-refractivity contribution is 1.18. The van der Waals surface area contributed by atoms with Crippen LogP contribution in [0.1, 0.15) is 0 Å². The fourth-order valence-corrected chi connectivity index (χ4v) is 11.1. The summed E-state index contributed by atoms with van der Waals surface area (Å²) in [5.74, 6) is 0. The third kappa shape index (κ3) is 6.90. The number of thiophene rings is 1. The molecule has 0 aliphatic rings. The van der Waals surface area contributed by atoms with Gasteiger partial charge in [0, 0.05) is 59.7 Å². The van der Waals surface area contributed by atoms with E-state index in [-0.39, 0.29) is 0 Å². The fourth-order valence-electron chi connectivity index (χ4n) is 10.1. The lowest BCUT2D eigenvalue weighted by Gasteiger charge is -2.26. The predicted molar refractivity (Wildman–Crippen MR) is 289 cm³/mol. The first-order chi connectivity index (χ1) is 33.7. The monoisotopic (exact) mass is 885 g/mol. The second-order valence-corrected chi connectivity index (χ2v) is 18.4. The zero-order valence-electron chi connectivity index (χ0n) is 37.1. The summed E-state index contributed by atoms with van der Waals surface area (Å²) in [4.78, 5) is 4.89. The second kappa shape index (κ2) is 16.6. The third-order valence-electron chi connectivity index (χ3n) is 13.4. The van der Waals surface area contributed by atoms with Crippen molar-refractivity contribution in [2.24, 2.45) is 0 Å². The molecule has 0 atom stereocenters. The summed E-state index contributed by atoms with van der Waals surface area (Å²) in [5.41, 5.74) is 17.7. The molecule has 0 amide bonds. The Morgan fingerprint density at radius 2 is 0.603 bits per heavy atom. The van der Waals surface area contributed by atoms with Crippen LogP contribution in [0.5, 0.6) is 0 Å². The van der Waals surface area contributed by atoms with Crippen molar-refractivity contribution in [1.29, 1.82) is 0 Å². The van der Waals surface area contributed by atoms with Gasteiger partial charge in [-0.1, -0.05) is 158 Å². The van der Waals surface area contributed by atoms with E-state index in [0.29, 0.717) is 0 Å². The molecule has 0 bridgehead atoms. The Morgan fingerprint density at radius 3 is 1.12 bits per heavy atom. The normalized spacial score (nSPS) is 11.5. The lowest BCUT2D eigenvalue weighted by Crippen LogP contribution is -2.09. The van der Waals surface area contributed by atoms with Gasteiger partial charge in [-0.2, -0.15) is 0 Å². The SMILES string of the molecule is c1ccc(-c2ccc(-c3ccc(-n4c5ccccc5c5cc(-c6ccc(N(c7ccccc7)c7ccc(-c8ccc(-n9c%10ccccc%10c%10ccccc%109)cc8)cc7)cc6)ccc54)cc3)s2)cc1. The summed E-state index contributed by atoms with van der Waals surface area (Å²) in [7, 11) is 0. The average Bonchev–Trinajstić information content (AvgIpc) is 4.14. The van der Waals surface area contributed by atoms with Crippen molar-refractivity contribution in [2.75, 3.05) is 4.90 Å². The van der Waals surface area contributed by atoms with E-state index < -0.39 is 0 Å². The standard InChI is InChI=1S/C64H43N3S/c1-3-13-47(14-4-1)63-41-42-64(68-63)48-29-38-54(39-30-48)67-61-22-12-9-19-57(61)58-43-49(31-40-62(58)67)46-27-34-52(35-28-46)65(50-15-5-2-6-16-50)51-32-23-44(24-33-51)45-25-36-53(37-26-45)66-59-20-10-7-17-55(59)56-18-8-11-21-60(56)66/h1-43H. The van der Waals surface area contributed by atoms with Gasteiger partial charge in [0.2, 0.25) is 0 Å². The molecule has 0 unspecified atom stereocenters. The number of nitrogens with zero attached hydrogens (tertiary/aromatic N) is 3. The van der Waals surface area contributed by atoms with E-state index >= 15 is 0 Å². The van der Waals surface area contributed by atoms with Gasteiger partial charge >= 0.3 is 0 Å². The topological polar surface area (TPSA) is 13.1 Å². The van der Waals surface area contributed by atoms with Crippen LogP contribution in [0, 0.1) is 0 Å². The van der Waals surface area contributed by atoms with Gasteiger partial charge in [-0.25, -0.2) is 0 Å². The number of rotatable bonds is 9. The molecule has 68 heavy (non-hydrogen) atoms. The van der Waals surface area contributed by atoms with Crippen LogP contribution in [0.25, 0.3) is 98.1 Å². The lowest BCUT2D eigenvalue weighted by atomic mass is 10.0. The quantitative estimate of drug-likeness (QED) is 0.141. The molecule has 3 heterocycles. The van der Waals surface area contributed by atoms with E-state index in [1.54, 1.807) is 0 Å². The highest BCUT2D eigenvalue weighted by molar-refractivity contribution is 7.18. The van der Waals surface area contributed by atoms with Gasteiger partial charge in [-0.15, -0.1) is 11.3 Å². The number of anilines is 3. The maximum absolute atomic E-state index is 2.40. The summed E-state index contributed by atoms with van der Waals surface area (Å²) in [6.07, 6.45) is 0. The van der Waals surface area contributed by atoms with E-state index in [1.165, 1.54) is 86.7 Å². The maximum Gasteiger partial charge on any atom is 0.0541 e. The molecule has 0 N–H and O–H groups in total. The van der Waals surface area contributed by atoms with Crippen molar-refractivity contribution in [3.63, 3.8) is 0 Å². The Hall–Kier alpha value is -8.70. The van der Waals surface area contributed by atoms with Gasteiger partial charge in [-0.05, 0) is 137 Å². The molecule has 4 heteroatoms. The zero-order valence-corrected chi connectivity index (χ0v) is 37.9. The molecule has 10 aromatic carbocycles. The summed E-state index contributed by atoms with van der Waals surface area (Å²) in [6, 6.07) is 94.7. The number of para-hydroxylation sites is 4. The number of hydrogen-bond acceptors (Lipinski definition) is 2. The van der Waals surface area contributed by atoms with Gasteiger partial charge < -0.3 is 14.0 Å². The molecule has 13 aromatic rings. The molecule has 3 nitrogen and oxygen atoms in total. The minimum atomic E-state index is 1.10. The Balaban J connectivity index is 0.788. The Kier molecular flexibility index (Phi) is 9.69. The summed E-state index contributed by atoms with van der Waals surface area (Å²) in [6.45, 7) is 0. The third-order valence-corrected chi connectivity index (χ3v) is 14.6. The molecule has 0 saturated heterocycles. The van der Waals surface area contributed by atoms with E-state index in [9.17, 15) is 0 Å². The first-order valence-electron chi connectivity index (χ1n) is 23.2. The van der Waals surface area contributed by atoms with Crippen LogP contribution in [0.15, 0.2) is 261 Å². The van der Waals surface area contributed by atoms with Crippen molar-refractivity contribution in [1.82, 2.24) is 9.13 Å². The average molecular weight is 886 g/mol. The van der Waals surface area contributed by atoms with Crippen molar-refractivity contribution in [3.05, 3.63) is 261 Å². The molecule has 0 radical (unpaired) electrons. The number of benzene rings is 10. The highest BCUT2D eigenvalue weighted by atomic mass is 32.1. The van der Waals surface area contributed by atoms with E-state index in [0.717, 1.165) is 28.4 Å². The van der Waals surface area contributed by atoms with Crippen LogP contribution < -0.4 is 4.90 Å². The van der Waals surface area contributed by atoms with Gasteiger partial charge in [0.1, 0.15) is 0 Å². The zero-order chi connectivity index (χ0) is 45.0. The van der Waals surface area contributed by atoms with Crippen LogP contribution >= 0.6 is 11.3 Å². The van der Waals surface area contributed by atoms with Crippen molar-refractivity contribution < 1.29 is 0 Å². The summed E-state index contributed by atoms with van der Waals surface area (Å²) in [5, 5.41) is 5.03. The highest BCUT2D eigenvalue weighted by Gasteiger charge is 2.17. The predicted octanol–water partition coefficient (Wildman–Crippen LogP) is 18.1. The molecule has 0 spiro atoms. The van der Waals surface area contributed by atoms with Crippen LogP contribution in [0.3, 0.4) is 0 Å². The Labute approximate surface area is 399 Å². The maximum atomic E-state index is 2.40. The molecule has 13 rings (SSSR count). The number of hydrogen-bond donors (Lipinski definition) is 0. The second-order valence-electron chi connectivity index (χ2n) is 17.3. The summed E-state index contributed by atoms with van der Waals surface area (Å²) < 4.78 is 4.77. The molecule has 3 aromatic heterocycles. The van der Waals surface area contributed by atoms with E-state index in [4.69, 9.17) is 0 Å². The molecule has 320 valence electrons. The smallest absolute Gasteiger partial charge is 0.0541 e. The van der Waals surface area contributed by atoms with Crippen molar-refractivity contribution in [3.8, 4) is 54.5 Å². The van der Waals surface area contributed by atoms with Crippen LogP contribution in [-0.4, -0.2) is 9.13 Å². The number of fused-ring (bicyclic) bond motifs is 6. The largest absolute Gasteiger partial charge is 0.311 e.